The number of aliphatic hydroxyl groups is 1. The number of hydrogen-bond acceptors (Lipinski definition) is 4. The van der Waals surface area contributed by atoms with Crippen LogP contribution in [0.5, 0.6) is 0 Å². The quantitative estimate of drug-likeness (QED) is 0.580. The predicted molar refractivity (Wildman–Crippen MR) is 127 cm³/mol. The van der Waals surface area contributed by atoms with Crippen LogP contribution in [0.4, 0.5) is 0 Å². The second-order valence-corrected chi connectivity index (χ2v) is 8.56. The number of carbonyl (C=O) groups is 2. The van der Waals surface area contributed by atoms with Crippen molar-refractivity contribution >= 4 is 28.7 Å². The SMILES string of the molecule is Cc1ccc2c(=O)c(CN(C)C(=O)c3ccccc3)c(C=CC(=O)C(C)(C)O)[nH]c2c1C. The van der Waals surface area contributed by atoms with Gasteiger partial charge in [-0.05, 0) is 69.2 Å². The van der Waals surface area contributed by atoms with Crippen molar-refractivity contribution in [1.82, 2.24) is 9.88 Å². The Balaban J connectivity index is 2.12. The molecule has 6 nitrogen and oxygen atoms in total. The number of fused-ring (bicyclic) bond motifs is 1. The first-order valence-electron chi connectivity index (χ1n) is 10.4. The summed E-state index contributed by atoms with van der Waals surface area (Å²) in [6, 6.07) is 12.5. The second kappa shape index (κ2) is 8.93. The van der Waals surface area contributed by atoms with Gasteiger partial charge >= 0.3 is 0 Å². The number of benzene rings is 2. The second-order valence-electron chi connectivity index (χ2n) is 8.56. The molecule has 1 aromatic heterocycles. The summed E-state index contributed by atoms with van der Waals surface area (Å²) in [7, 11) is 1.63. The average molecular weight is 433 g/mol. The molecule has 0 aliphatic rings. The van der Waals surface area contributed by atoms with Crippen LogP contribution in [-0.4, -0.2) is 39.3 Å². The number of aryl methyl sites for hydroxylation is 2. The van der Waals surface area contributed by atoms with Gasteiger partial charge in [0.15, 0.2) is 11.2 Å². The van der Waals surface area contributed by atoms with Crippen molar-refractivity contribution in [2.24, 2.45) is 0 Å². The number of hydrogen-bond donors (Lipinski definition) is 2. The lowest BCUT2D eigenvalue weighted by molar-refractivity contribution is -0.128. The third-order valence-corrected chi connectivity index (χ3v) is 5.61. The lowest BCUT2D eigenvalue weighted by Gasteiger charge is -2.19. The van der Waals surface area contributed by atoms with Crippen LogP contribution in [-0.2, 0) is 11.3 Å². The van der Waals surface area contributed by atoms with Gasteiger partial charge in [-0.15, -0.1) is 0 Å². The summed E-state index contributed by atoms with van der Waals surface area (Å²) in [4.78, 5) is 43.3. The monoisotopic (exact) mass is 432 g/mol. The summed E-state index contributed by atoms with van der Waals surface area (Å²) < 4.78 is 0. The maximum absolute atomic E-state index is 13.4. The molecule has 0 aliphatic heterocycles. The van der Waals surface area contributed by atoms with Crippen molar-refractivity contribution in [3.05, 3.63) is 86.7 Å². The molecule has 0 saturated carbocycles. The summed E-state index contributed by atoms with van der Waals surface area (Å²) in [6.45, 7) is 6.75. The van der Waals surface area contributed by atoms with E-state index in [0.29, 0.717) is 27.7 Å². The first-order valence-corrected chi connectivity index (χ1v) is 10.4. The average Bonchev–Trinajstić information content (AvgIpc) is 2.76. The van der Waals surface area contributed by atoms with Crippen LogP contribution in [0.1, 0.15) is 46.6 Å². The largest absolute Gasteiger partial charge is 0.382 e. The molecule has 6 heteroatoms. The Morgan fingerprint density at radius 2 is 1.75 bits per heavy atom. The third kappa shape index (κ3) is 4.70. The fourth-order valence-electron chi connectivity index (χ4n) is 3.43. The van der Waals surface area contributed by atoms with E-state index >= 15 is 0 Å². The summed E-state index contributed by atoms with van der Waals surface area (Å²) in [5.41, 5.74) is 2.24. The third-order valence-electron chi connectivity index (χ3n) is 5.61. The van der Waals surface area contributed by atoms with Gasteiger partial charge in [-0.2, -0.15) is 0 Å². The molecular formula is C26H28N2O4. The maximum Gasteiger partial charge on any atom is 0.253 e. The van der Waals surface area contributed by atoms with Crippen LogP contribution in [0.3, 0.4) is 0 Å². The topological polar surface area (TPSA) is 90.5 Å². The molecule has 2 aromatic carbocycles. The van der Waals surface area contributed by atoms with Gasteiger partial charge in [0.2, 0.25) is 0 Å². The highest BCUT2D eigenvalue weighted by atomic mass is 16.3. The number of pyridine rings is 1. The highest BCUT2D eigenvalue weighted by molar-refractivity contribution is 5.99. The standard InChI is InChI=1S/C26H28N2O4/c1-16-11-12-19-23(17(16)2)27-21(13-14-22(29)26(3,4)32)20(24(19)30)15-28(5)25(31)18-9-7-6-8-10-18/h6-14,32H,15H2,1-5H3,(H,27,30). The number of ketones is 1. The van der Waals surface area contributed by atoms with E-state index in [1.54, 1.807) is 37.4 Å². The molecule has 0 fully saturated rings. The zero-order chi connectivity index (χ0) is 23.6. The summed E-state index contributed by atoms with van der Waals surface area (Å²) in [6.07, 6.45) is 2.75. The number of carbonyl (C=O) groups excluding carboxylic acids is 2. The predicted octanol–water partition coefficient (Wildman–Crippen LogP) is 3.77. The van der Waals surface area contributed by atoms with Crippen molar-refractivity contribution in [3.63, 3.8) is 0 Å². The molecular weight excluding hydrogens is 404 g/mol. The lowest BCUT2D eigenvalue weighted by Crippen LogP contribution is -2.30. The number of aromatic amines is 1. The lowest BCUT2D eigenvalue weighted by atomic mass is 10.00. The van der Waals surface area contributed by atoms with Gasteiger partial charge in [0.1, 0.15) is 5.60 Å². The molecule has 2 N–H and O–H groups in total. The fourth-order valence-corrected chi connectivity index (χ4v) is 3.43. The van der Waals surface area contributed by atoms with Gasteiger partial charge < -0.3 is 15.0 Å². The normalized spacial score (nSPS) is 11.8. The Morgan fingerprint density at radius 3 is 2.38 bits per heavy atom. The van der Waals surface area contributed by atoms with Gasteiger partial charge in [-0.25, -0.2) is 0 Å². The van der Waals surface area contributed by atoms with Crippen molar-refractivity contribution in [2.45, 2.75) is 39.8 Å². The van der Waals surface area contributed by atoms with Crippen LogP contribution in [0.25, 0.3) is 17.0 Å². The van der Waals surface area contributed by atoms with E-state index < -0.39 is 11.4 Å². The summed E-state index contributed by atoms with van der Waals surface area (Å²) in [5, 5.41) is 10.5. The molecule has 1 amide bonds. The van der Waals surface area contributed by atoms with Gasteiger partial charge in [0.25, 0.3) is 5.91 Å². The van der Waals surface area contributed by atoms with Crippen molar-refractivity contribution in [3.8, 4) is 0 Å². The van der Waals surface area contributed by atoms with E-state index in [4.69, 9.17) is 0 Å². The number of rotatable bonds is 6. The minimum Gasteiger partial charge on any atom is -0.382 e. The number of nitrogens with zero attached hydrogens (tertiary/aromatic N) is 1. The van der Waals surface area contributed by atoms with Gasteiger partial charge in [0.05, 0.1) is 12.1 Å². The van der Waals surface area contributed by atoms with E-state index in [9.17, 15) is 19.5 Å². The maximum atomic E-state index is 13.4. The minimum atomic E-state index is -1.53. The molecule has 0 aliphatic carbocycles. The summed E-state index contributed by atoms with van der Waals surface area (Å²) in [5.74, 6) is -0.702. The Kier molecular flexibility index (Phi) is 6.46. The Morgan fingerprint density at radius 1 is 1.09 bits per heavy atom. The van der Waals surface area contributed by atoms with E-state index in [2.05, 4.69) is 4.98 Å². The van der Waals surface area contributed by atoms with Gasteiger partial charge in [-0.3, -0.25) is 14.4 Å². The molecule has 3 aromatic rings. The van der Waals surface area contributed by atoms with Crippen molar-refractivity contribution < 1.29 is 14.7 Å². The van der Waals surface area contributed by atoms with Crippen LogP contribution >= 0.6 is 0 Å². The highest BCUT2D eigenvalue weighted by Gasteiger charge is 2.22. The van der Waals surface area contributed by atoms with Gasteiger partial charge in [-0.1, -0.05) is 24.3 Å². The van der Waals surface area contributed by atoms with E-state index in [1.807, 2.05) is 26.0 Å². The first-order chi connectivity index (χ1) is 15.0. The molecule has 0 spiro atoms. The van der Waals surface area contributed by atoms with Crippen LogP contribution in [0.15, 0.2) is 53.3 Å². The van der Waals surface area contributed by atoms with E-state index in [0.717, 1.165) is 11.1 Å². The molecule has 0 radical (unpaired) electrons. The number of H-pyrrole nitrogens is 1. The molecule has 0 bridgehead atoms. The Hall–Kier alpha value is -3.51. The van der Waals surface area contributed by atoms with Gasteiger partial charge in [0, 0.05) is 29.3 Å². The zero-order valence-electron chi connectivity index (χ0n) is 19.0. The molecule has 0 saturated heterocycles. The molecule has 166 valence electrons. The number of nitrogens with one attached hydrogen (secondary N) is 1. The van der Waals surface area contributed by atoms with E-state index in [-0.39, 0.29) is 17.9 Å². The van der Waals surface area contributed by atoms with Crippen LogP contribution < -0.4 is 5.43 Å². The number of aromatic nitrogens is 1. The minimum absolute atomic E-state index is 0.0578. The van der Waals surface area contributed by atoms with Crippen molar-refractivity contribution in [1.29, 1.82) is 0 Å². The Labute approximate surface area is 187 Å². The summed E-state index contributed by atoms with van der Waals surface area (Å²) >= 11 is 0. The van der Waals surface area contributed by atoms with Crippen molar-refractivity contribution in [2.75, 3.05) is 7.05 Å². The fraction of sp³-hybridized carbons (Fsp3) is 0.269. The zero-order valence-corrected chi connectivity index (χ0v) is 19.0. The Bertz CT molecular complexity index is 1260. The molecule has 3 rings (SSSR count). The molecule has 0 atom stereocenters. The smallest absolute Gasteiger partial charge is 0.253 e. The molecule has 1 heterocycles. The molecule has 32 heavy (non-hydrogen) atoms. The number of amides is 1. The van der Waals surface area contributed by atoms with Crippen LogP contribution in [0.2, 0.25) is 0 Å². The van der Waals surface area contributed by atoms with Crippen LogP contribution in [0, 0.1) is 13.8 Å². The highest BCUT2D eigenvalue weighted by Crippen LogP contribution is 2.21. The molecule has 0 unspecified atom stereocenters. The first kappa shape index (κ1) is 23.2. The van der Waals surface area contributed by atoms with E-state index in [1.165, 1.54) is 30.9 Å².